The lowest BCUT2D eigenvalue weighted by molar-refractivity contribution is -0.120. The molecule has 4 aromatic rings. The first-order chi connectivity index (χ1) is 30.9. The molecule has 0 saturated carbocycles. The predicted octanol–water partition coefficient (Wildman–Crippen LogP) is 3.96. The summed E-state index contributed by atoms with van der Waals surface area (Å²) in [5.74, 6) is 1.91. The van der Waals surface area contributed by atoms with Crippen LogP contribution >= 0.6 is 23.5 Å². The SMILES string of the molecule is CSCc1nnn(C2CCN(c3ccc(N4C[C@H](CNC(C)=O)OC4=O)cc3F)CC2)n1.CSCc1nnnn1C1CCN(c2ccc(N3C[C@H](CNC(C)=O)OC3=O)cc2F)CC1. The number of thioether (sulfide) groups is 2. The van der Waals surface area contributed by atoms with Gasteiger partial charge in [0.2, 0.25) is 11.8 Å². The molecule has 4 fully saturated rings. The van der Waals surface area contributed by atoms with Crippen LogP contribution in [-0.4, -0.2) is 141 Å². The van der Waals surface area contributed by atoms with Gasteiger partial charge in [0, 0.05) is 40.0 Å². The van der Waals surface area contributed by atoms with Gasteiger partial charge in [0.1, 0.15) is 23.8 Å². The fraction of sp³-hybridized carbons (Fsp3) is 0.550. The molecule has 4 amide bonds. The van der Waals surface area contributed by atoms with Gasteiger partial charge in [-0.05, 0) is 90.2 Å². The van der Waals surface area contributed by atoms with Gasteiger partial charge in [-0.15, -0.1) is 15.3 Å². The van der Waals surface area contributed by atoms with Crippen LogP contribution in [0.4, 0.5) is 41.1 Å². The largest absolute Gasteiger partial charge is 0.442 e. The van der Waals surface area contributed by atoms with Gasteiger partial charge in [0.15, 0.2) is 11.6 Å². The second kappa shape index (κ2) is 21.3. The number of aromatic nitrogens is 8. The number of tetrazole rings is 2. The Morgan fingerprint density at radius 3 is 1.69 bits per heavy atom. The van der Waals surface area contributed by atoms with Gasteiger partial charge < -0.3 is 29.9 Å². The van der Waals surface area contributed by atoms with Gasteiger partial charge in [-0.2, -0.15) is 28.3 Å². The number of nitrogens with zero attached hydrogens (tertiary/aromatic N) is 12. The van der Waals surface area contributed by atoms with Crippen LogP contribution in [0.15, 0.2) is 36.4 Å². The normalized spacial score (nSPS) is 19.3. The van der Waals surface area contributed by atoms with Crippen molar-refractivity contribution in [2.75, 3.05) is 84.5 Å². The minimum absolute atomic E-state index is 0.150. The zero-order valence-corrected chi connectivity index (χ0v) is 37.7. The second-order valence-electron chi connectivity index (χ2n) is 15.7. The Balaban J connectivity index is 0.000000191. The number of hydrogen-bond acceptors (Lipinski definition) is 16. The average Bonchev–Trinajstić information content (AvgIpc) is 4.10. The lowest BCUT2D eigenvalue weighted by atomic mass is 10.0. The van der Waals surface area contributed by atoms with Crippen LogP contribution in [0.1, 0.15) is 63.3 Å². The van der Waals surface area contributed by atoms with E-state index in [1.165, 1.54) is 35.8 Å². The number of carbonyl (C=O) groups is 4. The summed E-state index contributed by atoms with van der Waals surface area (Å²) in [5.41, 5.74) is 1.89. The molecule has 4 saturated heterocycles. The van der Waals surface area contributed by atoms with Crippen molar-refractivity contribution < 1.29 is 37.4 Å². The number of rotatable bonds is 14. The molecule has 64 heavy (non-hydrogen) atoms. The summed E-state index contributed by atoms with van der Waals surface area (Å²) in [4.78, 5) is 55.0. The van der Waals surface area contributed by atoms with Crippen LogP contribution in [0.3, 0.4) is 0 Å². The van der Waals surface area contributed by atoms with Crippen LogP contribution in [0.2, 0.25) is 0 Å². The fourth-order valence-corrected chi connectivity index (χ4v) is 8.86. The highest BCUT2D eigenvalue weighted by Crippen LogP contribution is 2.33. The number of piperidine rings is 2. The first kappa shape index (κ1) is 46.2. The number of benzene rings is 2. The molecule has 2 aromatic carbocycles. The van der Waals surface area contributed by atoms with Gasteiger partial charge in [-0.1, -0.05) is 0 Å². The van der Waals surface area contributed by atoms with Crippen molar-refractivity contribution in [2.45, 2.75) is 75.3 Å². The monoisotopic (exact) mass is 926 g/mol. The van der Waals surface area contributed by atoms with Crippen LogP contribution in [0, 0.1) is 11.6 Å². The number of halogens is 2. The summed E-state index contributed by atoms with van der Waals surface area (Å²) in [6, 6.07) is 9.92. The molecule has 20 nitrogen and oxygen atoms in total. The fourth-order valence-electron chi connectivity index (χ4n) is 8.04. The minimum atomic E-state index is -0.547. The number of carbonyl (C=O) groups excluding carboxylic acids is 4. The summed E-state index contributed by atoms with van der Waals surface area (Å²) in [6.07, 6.45) is 5.21. The summed E-state index contributed by atoms with van der Waals surface area (Å²) in [7, 11) is 0. The Morgan fingerprint density at radius 2 is 1.22 bits per heavy atom. The van der Waals surface area contributed by atoms with Crippen molar-refractivity contribution in [3.63, 3.8) is 0 Å². The Morgan fingerprint density at radius 1 is 0.719 bits per heavy atom. The molecule has 0 aliphatic carbocycles. The summed E-state index contributed by atoms with van der Waals surface area (Å²) in [6.45, 7) is 6.48. The van der Waals surface area contributed by atoms with Gasteiger partial charge >= 0.3 is 12.2 Å². The van der Waals surface area contributed by atoms with Gasteiger partial charge in [0.25, 0.3) is 0 Å². The number of hydrogen-bond donors (Lipinski definition) is 2. The van der Waals surface area contributed by atoms with E-state index in [-0.39, 0.29) is 61.7 Å². The van der Waals surface area contributed by atoms with Gasteiger partial charge in [0.05, 0.1) is 72.5 Å². The smallest absolute Gasteiger partial charge is 0.414 e. The van der Waals surface area contributed by atoms with E-state index in [4.69, 9.17) is 9.47 Å². The minimum Gasteiger partial charge on any atom is -0.442 e. The highest BCUT2D eigenvalue weighted by atomic mass is 32.2. The molecule has 2 aromatic heterocycles. The molecule has 0 spiro atoms. The van der Waals surface area contributed by atoms with Crippen molar-refractivity contribution >= 4 is 70.3 Å². The molecule has 2 N–H and O–H groups in total. The first-order valence-electron chi connectivity index (χ1n) is 21.0. The molecule has 4 aliphatic rings. The molecule has 0 radical (unpaired) electrons. The van der Waals surface area contributed by atoms with E-state index in [0.29, 0.717) is 48.9 Å². The summed E-state index contributed by atoms with van der Waals surface area (Å²) < 4.78 is 42.3. The summed E-state index contributed by atoms with van der Waals surface area (Å²) in [5, 5.41) is 30.0. The van der Waals surface area contributed by atoms with Crippen molar-refractivity contribution in [2.24, 2.45) is 0 Å². The van der Waals surface area contributed by atoms with Crippen LogP contribution in [-0.2, 0) is 30.6 Å². The maximum Gasteiger partial charge on any atom is 0.414 e. The molecule has 2 atom stereocenters. The topological polar surface area (TPSA) is 211 Å². The van der Waals surface area contributed by atoms with E-state index in [2.05, 4.69) is 41.6 Å². The molecule has 6 heterocycles. The van der Waals surface area contributed by atoms with E-state index < -0.39 is 24.4 Å². The number of anilines is 4. The molecular weight excluding hydrogens is 875 g/mol. The van der Waals surface area contributed by atoms with E-state index in [1.807, 2.05) is 27.0 Å². The van der Waals surface area contributed by atoms with Crippen molar-refractivity contribution in [3.8, 4) is 0 Å². The lowest BCUT2D eigenvalue weighted by Crippen LogP contribution is -2.36. The highest BCUT2D eigenvalue weighted by Gasteiger charge is 2.35. The summed E-state index contributed by atoms with van der Waals surface area (Å²) >= 11 is 3.32. The molecular formula is C40H52F2N14O6S2. The third-order valence-corrected chi connectivity index (χ3v) is 12.3. The van der Waals surface area contributed by atoms with Gasteiger partial charge in [-0.3, -0.25) is 19.4 Å². The number of ether oxygens (including phenoxy) is 2. The maximum absolute atomic E-state index is 15.0. The number of amides is 4. The molecule has 0 unspecified atom stereocenters. The Kier molecular flexibility index (Phi) is 15.4. The maximum atomic E-state index is 15.0. The molecule has 24 heteroatoms. The standard InChI is InChI=1S/2C20H26FN7O3S/c1-13(29)22-10-16-11-27(20(30)31-16)15-3-4-18(17(21)9-15)26-7-5-14(6-8-26)28-19(12-32-2)23-24-25-28;1-13(29)22-10-16-11-27(20(30)31-16)15-3-4-18(17(21)9-15)26-7-5-14(6-8-26)28-24-19(12-32-2)23-25-28/h2*3-4,9,14,16H,5-8,10-12H2,1-2H3,(H,22,29)/t2*16-/m00/s1. The third-order valence-electron chi connectivity index (χ3n) is 11.3. The highest BCUT2D eigenvalue weighted by molar-refractivity contribution is 7.98. The Bertz CT molecular complexity index is 2270. The van der Waals surface area contributed by atoms with Crippen molar-refractivity contribution in [1.82, 2.24) is 51.0 Å². The number of nitrogens with one attached hydrogen (secondary N) is 2. The quantitative estimate of drug-likeness (QED) is 0.183. The average molecular weight is 927 g/mol. The van der Waals surface area contributed by atoms with Gasteiger partial charge in [-0.25, -0.2) is 23.1 Å². The van der Waals surface area contributed by atoms with Crippen LogP contribution in [0.25, 0.3) is 0 Å². The second-order valence-corrected chi connectivity index (χ2v) is 17.5. The Labute approximate surface area is 377 Å². The molecule has 8 rings (SSSR count). The third kappa shape index (κ3) is 11.3. The van der Waals surface area contributed by atoms with Crippen LogP contribution < -0.4 is 30.2 Å². The zero-order chi connectivity index (χ0) is 45.3. The van der Waals surface area contributed by atoms with E-state index in [9.17, 15) is 28.0 Å². The van der Waals surface area contributed by atoms with Crippen molar-refractivity contribution in [1.29, 1.82) is 0 Å². The first-order valence-corrected chi connectivity index (χ1v) is 23.8. The molecule has 4 aliphatic heterocycles. The molecule has 344 valence electrons. The Hall–Kier alpha value is -5.78. The lowest BCUT2D eigenvalue weighted by Gasteiger charge is -2.34. The predicted molar refractivity (Wildman–Crippen MR) is 236 cm³/mol. The van der Waals surface area contributed by atoms with Crippen molar-refractivity contribution in [3.05, 3.63) is 59.7 Å². The zero-order valence-electron chi connectivity index (χ0n) is 36.1. The van der Waals surface area contributed by atoms with E-state index in [0.717, 1.165) is 48.8 Å². The van der Waals surface area contributed by atoms with Crippen LogP contribution in [0.5, 0.6) is 0 Å². The van der Waals surface area contributed by atoms with E-state index in [1.54, 1.807) is 52.6 Å². The van der Waals surface area contributed by atoms with E-state index >= 15 is 0 Å². The molecule has 0 bridgehead atoms. The number of cyclic esters (lactones) is 2.